The fourth-order valence-corrected chi connectivity index (χ4v) is 2.23. The monoisotopic (exact) mass is 293 g/mol. The molecule has 0 amide bonds. The van der Waals surface area contributed by atoms with Crippen molar-refractivity contribution in [3.05, 3.63) is 29.8 Å². The summed E-state index contributed by atoms with van der Waals surface area (Å²) in [6.07, 6.45) is 5.20. The summed E-state index contributed by atoms with van der Waals surface area (Å²) in [4.78, 5) is 0. The molecule has 0 heterocycles. The molecule has 1 aromatic rings. The van der Waals surface area contributed by atoms with Gasteiger partial charge in [-0.3, -0.25) is 0 Å². The van der Waals surface area contributed by atoms with Gasteiger partial charge in [-0.2, -0.15) is 0 Å². The average Bonchev–Trinajstić information content (AvgIpc) is 2.47. The number of likely N-dealkylation sites (N-methyl/N-ethyl adjacent to an activating group) is 1. The van der Waals surface area contributed by atoms with E-state index in [2.05, 4.69) is 24.4 Å². The van der Waals surface area contributed by atoms with E-state index in [0.717, 1.165) is 18.8 Å². The second-order valence-electron chi connectivity index (χ2n) is 5.71. The molecule has 0 bridgehead atoms. The first-order valence-electron chi connectivity index (χ1n) is 8.19. The standard InChI is InChI=1S/C18H31NO2/c1-5-6-7-8-13-20-14-18(19-4)16-9-11-17(12-10-16)21-15(2)3/h9-12,15,18-19H,5-8,13-14H2,1-4H3. The van der Waals surface area contributed by atoms with Gasteiger partial charge in [0, 0.05) is 6.61 Å². The topological polar surface area (TPSA) is 30.5 Å². The lowest BCUT2D eigenvalue weighted by Crippen LogP contribution is -2.22. The fourth-order valence-electron chi connectivity index (χ4n) is 2.23. The van der Waals surface area contributed by atoms with Crippen LogP contribution in [0.4, 0.5) is 0 Å². The van der Waals surface area contributed by atoms with Crippen LogP contribution in [-0.4, -0.2) is 26.4 Å². The van der Waals surface area contributed by atoms with Crippen molar-refractivity contribution < 1.29 is 9.47 Å². The molecule has 1 rings (SSSR count). The minimum atomic E-state index is 0.211. The minimum absolute atomic E-state index is 0.211. The number of hydrogen-bond donors (Lipinski definition) is 1. The van der Waals surface area contributed by atoms with E-state index in [0.29, 0.717) is 6.61 Å². The quantitative estimate of drug-likeness (QED) is 0.616. The lowest BCUT2D eigenvalue weighted by molar-refractivity contribution is 0.110. The molecule has 1 N–H and O–H groups in total. The predicted octanol–water partition coefficient (Wildman–Crippen LogP) is 4.33. The van der Waals surface area contributed by atoms with Gasteiger partial charge in [0.2, 0.25) is 0 Å². The molecule has 1 unspecified atom stereocenters. The Kier molecular flexibility index (Phi) is 9.11. The van der Waals surface area contributed by atoms with Crippen molar-refractivity contribution in [1.82, 2.24) is 5.32 Å². The van der Waals surface area contributed by atoms with Crippen LogP contribution in [0.25, 0.3) is 0 Å². The summed E-state index contributed by atoms with van der Waals surface area (Å²) in [7, 11) is 1.98. The summed E-state index contributed by atoms with van der Waals surface area (Å²) in [5, 5.41) is 3.31. The third kappa shape index (κ3) is 7.49. The lowest BCUT2D eigenvalue weighted by atomic mass is 10.1. The van der Waals surface area contributed by atoms with Gasteiger partial charge in [-0.15, -0.1) is 0 Å². The lowest BCUT2D eigenvalue weighted by Gasteiger charge is -2.18. The Hall–Kier alpha value is -1.06. The largest absolute Gasteiger partial charge is 0.491 e. The molecule has 0 fully saturated rings. The molecule has 120 valence electrons. The van der Waals surface area contributed by atoms with E-state index in [1.807, 2.05) is 33.0 Å². The first-order chi connectivity index (χ1) is 10.2. The van der Waals surface area contributed by atoms with Crippen molar-refractivity contribution in [3.63, 3.8) is 0 Å². The molecular weight excluding hydrogens is 262 g/mol. The molecule has 0 aliphatic rings. The number of benzene rings is 1. The van der Waals surface area contributed by atoms with E-state index in [4.69, 9.17) is 9.47 Å². The summed E-state index contributed by atoms with van der Waals surface area (Å²) in [6, 6.07) is 8.52. The summed E-state index contributed by atoms with van der Waals surface area (Å²) in [5.41, 5.74) is 1.24. The predicted molar refractivity (Wildman–Crippen MR) is 89.0 cm³/mol. The first-order valence-corrected chi connectivity index (χ1v) is 8.19. The van der Waals surface area contributed by atoms with Crippen molar-refractivity contribution in [2.45, 2.75) is 58.6 Å². The minimum Gasteiger partial charge on any atom is -0.491 e. The zero-order valence-corrected chi connectivity index (χ0v) is 14.0. The zero-order chi connectivity index (χ0) is 15.5. The van der Waals surface area contributed by atoms with E-state index in [9.17, 15) is 0 Å². The van der Waals surface area contributed by atoms with Gasteiger partial charge in [0.15, 0.2) is 0 Å². The van der Waals surface area contributed by atoms with Crippen LogP contribution in [0.2, 0.25) is 0 Å². The third-order valence-corrected chi connectivity index (χ3v) is 3.43. The number of hydrogen-bond acceptors (Lipinski definition) is 3. The van der Waals surface area contributed by atoms with Gasteiger partial charge in [-0.25, -0.2) is 0 Å². The Labute approximate surface area is 130 Å². The Balaban J connectivity index is 2.37. The van der Waals surface area contributed by atoms with Gasteiger partial charge in [0.25, 0.3) is 0 Å². The second-order valence-corrected chi connectivity index (χ2v) is 5.71. The SMILES string of the molecule is CCCCCCOCC(NC)c1ccc(OC(C)C)cc1. The molecule has 0 aromatic heterocycles. The molecule has 1 aromatic carbocycles. The molecule has 3 nitrogen and oxygen atoms in total. The second kappa shape index (κ2) is 10.6. The van der Waals surface area contributed by atoms with Gasteiger partial charge in [0.1, 0.15) is 5.75 Å². The highest BCUT2D eigenvalue weighted by molar-refractivity contribution is 5.29. The van der Waals surface area contributed by atoms with Gasteiger partial charge in [-0.1, -0.05) is 38.3 Å². The molecule has 21 heavy (non-hydrogen) atoms. The molecule has 0 radical (unpaired) electrons. The molecule has 1 atom stereocenters. The third-order valence-electron chi connectivity index (χ3n) is 3.43. The molecule has 0 spiro atoms. The van der Waals surface area contributed by atoms with Crippen LogP contribution < -0.4 is 10.1 Å². The van der Waals surface area contributed by atoms with Crippen LogP contribution in [0.5, 0.6) is 5.75 Å². The average molecular weight is 293 g/mol. The molecule has 0 aliphatic carbocycles. The summed E-state index contributed by atoms with van der Waals surface area (Å²) < 4.78 is 11.5. The Morgan fingerprint density at radius 2 is 1.76 bits per heavy atom. The van der Waals surface area contributed by atoms with Gasteiger partial charge in [0.05, 0.1) is 18.8 Å². The maximum Gasteiger partial charge on any atom is 0.119 e. The van der Waals surface area contributed by atoms with Crippen molar-refractivity contribution in [3.8, 4) is 5.75 Å². The summed E-state index contributed by atoms with van der Waals surface area (Å²) >= 11 is 0. The normalized spacial score (nSPS) is 12.6. The maximum absolute atomic E-state index is 5.79. The van der Waals surface area contributed by atoms with Crippen molar-refractivity contribution in [2.75, 3.05) is 20.3 Å². The van der Waals surface area contributed by atoms with Crippen LogP contribution in [0.1, 0.15) is 58.1 Å². The van der Waals surface area contributed by atoms with E-state index in [1.54, 1.807) is 0 Å². The van der Waals surface area contributed by atoms with Gasteiger partial charge in [-0.05, 0) is 45.0 Å². The Bertz CT molecular complexity index is 362. The van der Waals surface area contributed by atoms with Crippen LogP contribution in [0.15, 0.2) is 24.3 Å². The zero-order valence-electron chi connectivity index (χ0n) is 14.0. The van der Waals surface area contributed by atoms with E-state index >= 15 is 0 Å². The van der Waals surface area contributed by atoms with Crippen molar-refractivity contribution >= 4 is 0 Å². The fraction of sp³-hybridized carbons (Fsp3) is 0.667. The molecule has 0 aliphatic heterocycles. The van der Waals surface area contributed by atoms with E-state index < -0.39 is 0 Å². The van der Waals surface area contributed by atoms with E-state index in [-0.39, 0.29) is 12.1 Å². The summed E-state index contributed by atoms with van der Waals surface area (Å²) in [5.74, 6) is 0.920. The maximum atomic E-state index is 5.79. The van der Waals surface area contributed by atoms with Gasteiger partial charge < -0.3 is 14.8 Å². The molecule has 0 saturated carbocycles. The highest BCUT2D eigenvalue weighted by Crippen LogP contribution is 2.19. The highest BCUT2D eigenvalue weighted by Gasteiger charge is 2.09. The van der Waals surface area contributed by atoms with Crippen LogP contribution in [0, 0.1) is 0 Å². The highest BCUT2D eigenvalue weighted by atomic mass is 16.5. The molecule has 0 saturated heterocycles. The first kappa shape index (κ1) is 18.0. The van der Waals surface area contributed by atoms with Gasteiger partial charge >= 0.3 is 0 Å². The van der Waals surface area contributed by atoms with Crippen molar-refractivity contribution in [1.29, 1.82) is 0 Å². The number of rotatable bonds is 11. The van der Waals surface area contributed by atoms with Crippen LogP contribution in [-0.2, 0) is 4.74 Å². The summed E-state index contributed by atoms with van der Waals surface area (Å²) in [6.45, 7) is 7.87. The molecule has 3 heteroatoms. The number of ether oxygens (including phenoxy) is 2. The Morgan fingerprint density at radius 3 is 2.33 bits per heavy atom. The number of nitrogens with one attached hydrogen (secondary N) is 1. The number of unbranched alkanes of at least 4 members (excludes halogenated alkanes) is 3. The van der Waals surface area contributed by atoms with Crippen molar-refractivity contribution in [2.24, 2.45) is 0 Å². The molecular formula is C18H31NO2. The Morgan fingerprint density at radius 1 is 1.05 bits per heavy atom. The van der Waals surface area contributed by atoms with E-state index in [1.165, 1.54) is 24.8 Å². The smallest absolute Gasteiger partial charge is 0.119 e. The van der Waals surface area contributed by atoms with Crippen LogP contribution >= 0.6 is 0 Å². The van der Waals surface area contributed by atoms with Crippen LogP contribution in [0.3, 0.4) is 0 Å².